The molecule has 0 bridgehead atoms. The van der Waals surface area contributed by atoms with E-state index in [0.29, 0.717) is 0 Å². The molecule has 1 atom stereocenters. The molecule has 0 saturated heterocycles. The van der Waals surface area contributed by atoms with E-state index in [9.17, 15) is 0 Å². The fraction of sp³-hybridized carbons (Fsp3) is 0.400. The van der Waals surface area contributed by atoms with Gasteiger partial charge in [-0.25, -0.2) is 15.0 Å². The van der Waals surface area contributed by atoms with Crippen LogP contribution < -0.4 is 5.73 Å². The Hall–Kier alpha value is -1.46. The highest BCUT2D eigenvalue weighted by molar-refractivity contribution is 7.99. The van der Waals surface area contributed by atoms with Crippen LogP contribution in [0.15, 0.2) is 34.6 Å². The van der Waals surface area contributed by atoms with Gasteiger partial charge in [0.1, 0.15) is 5.03 Å². The Morgan fingerprint density at radius 1 is 1.20 bits per heavy atom. The third-order valence-electron chi connectivity index (χ3n) is 2.98. The van der Waals surface area contributed by atoms with Crippen molar-refractivity contribution >= 4 is 11.8 Å². The second kappa shape index (κ2) is 6.81. The van der Waals surface area contributed by atoms with E-state index >= 15 is 0 Å². The van der Waals surface area contributed by atoms with Crippen molar-refractivity contribution in [3.05, 3.63) is 41.3 Å². The van der Waals surface area contributed by atoms with Crippen molar-refractivity contribution in [3.63, 3.8) is 0 Å². The Balaban J connectivity index is 2.06. The van der Waals surface area contributed by atoms with Gasteiger partial charge in [0, 0.05) is 23.6 Å². The first-order chi connectivity index (χ1) is 9.56. The first kappa shape index (κ1) is 14.9. The quantitative estimate of drug-likeness (QED) is 0.857. The van der Waals surface area contributed by atoms with Gasteiger partial charge in [-0.3, -0.25) is 0 Å². The molecular formula is C15H20N4S. The van der Waals surface area contributed by atoms with Crippen LogP contribution in [0.25, 0.3) is 0 Å². The summed E-state index contributed by atoms with van der Waals surface area (Å²) in [5.74, 6) is 0. The molecule has 4 nitrogen and oxygen atoms in total. The van der Waals surface area contributed by atoms with Gasteiger partial charge in [0.05, 0.1) is 0 Å². The molecule has 106 valence electrons. The summed E-state index contributed by atoms with van der Waals surface area (Å²) in [5.41, 5.74) is 9.07. The van der Waals surface area contributed by atoms with Gasteiger partial charge in [-0.1, -0.05) is 13.0 Å². The molecule has 2 heterocycles. The zero-order valence-electron chi connectivity index (χ0n) is 12.1. The van der Waals surface area contributed by atoms with E-state index in [4.69, 9.17) is 5.73 Å². The third kappa shape index (κ3) is 4.28. The Labute approximate surface area is 124 Å². The lowest BCUT2D eigenvalue weighted by Crippen LogP contribution is -2.21. The second-order valence-electron chi connectivity index (χ2n) is 4.91. The van der Waals surface area contributed by atoms with Crippen molar-refractivity contribution in [1.29, 1.82) is 0 Å². The first-order valence-electron chi connectivity index (χ1n) is 6.77. The Morgan fingerprint density at radius 2 is 1.90 bits per heavy atom. The first-order valence-corrected chi connectivity index (χ1v) is 7.59. The van der Waals surface area contributed by atoms with E-state index in [-0.39, 0.29) is 6.04 Å². The highest BCUT2D eigenvalue weighted by atomic mass is 32.2. The summed E-state index contributed by atoms with van der Waals surface area (Å²) in [6.07, 6.45) is 3.74. The molecule has 0 saturated carbocycles. The SMILES string of the molecule is CCC(N)Cc1ccc(Sc2nc(C)cc(C)n2)nc1. The van der Waals surface area contributed by atoms with E-state index in [0.717, 1.165) is 34.4 Å². The number of hydrogen-bond acceptors (Lipinski definition) is 5. The van der Waals surface area contributed by atoms with E-state index < -0.39 is 0 Å². The van der Waals surface area contributed by atoms with Gasteiger partial charge in [0.15, 0.2) is 5.16 Å². The standard InChI is InChI=1S/C15H20N4S/c1-4-13(16)8-12-5-6-14(17-9-12)20-15-18-10(2)7-11(3)19-15/h5-7,9,13H,4,8,16H2,1-3H3. The average Bonchev–Trinajstić information content (AvgIpc) is 2.39. The fourth-order valence-electron chi connectivity index (χ4n) is 1.87. The monoisotopic (exact) mass is 288 g/mol. The molecule has 0 aliphatic heterocycles. The number of aryl methyl sites for hydroxylation is 2. The number of hydrogen-bond donors (Lipinski definition) is 1. The summed E-state index contributed by atoms with van der Waals surface area (Å²) in [7, 11) is 0. The van der Waals surface area contributed by atoms with Crippen LogP contribution in [0.4, 0.5) is 0 Å². The van der Waals surface area contributed by atoms with Crippen molar-refractivity contribution < 1.29 is 0 Å². The Bertz CT molecular complexity index is 548. The van der Waals surface area contributed by atoms with Gasteiger partial charge in [-0.05, 0) is 56.1 Å². The van der Waals surface area contributed by atoms with Crippen molar-refractivity contribution in [2.75, 3.05) is 0 Å². The largest absolute Gasteiger partial charge is 0.327 e. The second-order valence-corrected chi connectivity index (χ2v) is 5.90. The molecule has 5 heteroatoms. The summed E-state index contributed by atoms with van der Waals surface area (Å²) in [5, 5.41) is 1.65. The van der Waals surface area contributed by atoms with Gasteiger partial charge in [-0.2, -0.15) is 0 Å². The zero-order chi connectivity index (χ0) is 14.5. The Morgan fingerprint density at radius 3 is 2.45 bits per heavy atom. The lowest BCUT2D eigenvalue weighted by atomic mass is 10.1. The lowest BCUT2D eigenvalue weighted by Gasteiger charge is -2.08. The summed E-state index contributed by atoms with van der Waals surface area (Å²) in [4.78, 5) is 13.3. The topological polar surface area (TPSA) is 64.7 Å². The highest BCUT2D eigenvalue weighted by Crippen LogP contribution is 2.23. The minimum Gasteiger partial charge on any atom is -0.327 e. The van der Waals surface area contributed by atoms with Crippen LogP contribution >= 0.6 is 11.8 Å². The highest BCUT2D eigenvalue weighted by Gasteiger charge is 2.05. The molecule has 0 spiro atoms. The van der Waals surface area contributed by atoms with Crippen LogP contribution in [-0.4, -0.2) is 21.0 Å². The van der Waals surface area contributed by atoms with Crippen LogP contribution in [0, 0.1) is 13.8 Å². The van der Waals surface area contributed by atoms with Crippen LogP contribution in [0.2, 0.25) is 0 Å². The molecule has 2 N–H and O–H groups in total. The molecule has 20 heavy (non-hydrogen) atoms. The maximum atomic E-state index is 5.95. The smallest absolute Gasteiger partial charge is 0.194 e. The maximum absolute atomic E-state index is 5.95. The number of rotatable bonds is 5. The van der Waals surface area contributed by atoms with Crippen molar-refractivity contribution in [2.45, 2.75) is 49.8 Å². The molecule has 0 amide bonds. The minimum absolute atomic E-state index is 0.207. The molecule has 0 fully saturated rings. The van der Waals surface area contributed by atoms with Gasteiger partial charge in [0.2, 0.25) is 0 Å². The minimum atomic E-state index is 0.207. The predicted octanol–water partition coefficient (Wildman–Crippen LogP) is 2.92. The number of pyridine rings is 1. The van der Waals surface area contributed by atoms with E-state index in [1.54, 1.807) is 0 Å². The average molecular weight is 288 g/mol. The summed E-state index contributed by atoms with van der Waals surface area (Å²) in [6, 6.07) is 6.25. The predicted molar refractivity (Wildman–Crippen MR) is 81.8 cm³/mol. The van der Waals surface area contributed by atoms with E-state index in [1.165, 1.54) is 17.3 Å². The van der Waals surface area contributed by atoms with Crippen LogP contribution in [0.3, 0.4) is 0 Å². The van der Waals surface area contributed by atoms with Crippen LogP contribution in [0.1, 0.15) is 30.3 Å². The maximum Gasteiger partial charge on any atom is 0.194 e. The van der Waals surface area contributed by atoms with Gasteiger partial charge in [0.25, 0.3) is 0 Å². The van der Waals surface area contributed by atoms with E-state index in [2.05, 4.69) is 27.9 Å². The molecule has 0 aromatic carbocycles. The lowest BCUT2D eigenvalue weighted by molar-refractivity contribution is 0.644. The van der Waals surface area contributed by atoms with Gasteiger partial charge < -0.3 is 5.73 Å². The molecular weight excluding hydrogens is 268 g/mol. The molecule has 0 aliphatic carbocycles. The van der Waals surface area contributed by atoms with E-state index in [1.807, 2.05) is 32.2 Å². The van der Waals surface area contributed by atoms with Crippen molar-refractivity contribution in [1.82, 2.24) is 15.0 Å². The Kier molecular flexibility index (Phi) is 5.09. The molecule has 1 unspecified atom stereocenters. The molecule has 2 rings (SSSR count). The normalized spacial score (nSPS) is 12.4. The van der Waals surface area contributed by atoms with Crippen molar-refractivity contribution in [3.8, 4) is 0 Å². The number of nitrogens with two attached hydrogens (primary N) is 1. The summed E-state index contributed by atoms with van der Waals surface area (Å²) >= 11 is 1.48. The van der Waals surface area contributed by atoms with Crippen LogP contribution in [0.5, 0.6) is 0 Å². The van der Waals surface area contributed by atoms with Gasteiger partial charge in [-0.15, -0.1) is 0 Å². The van der Waals surface area contributed by atoms with Gasteiger partial charge >= 0.3 is 0 Å². The third-order valence-corrected chi connectivity index (χ3v) is 3.79. The molecule has 2 aromatic rings. The fourth-order valence-corrected chi connectivity index (χ4v) is 2.68. The summed E-state index contributed by atoms with van der Waals surface area (Å²) in [6.45, 7) is 6.04. The van der Waals surface area contributed by atoms with Crippen LogP contribution in [-0.2, 0) is 6.42 Å². The number of aromatic nitrogens is 3. The molecule has 0 radical (unpaired) electrons. The van der Waals surface area contributed by atoms with Crippen molar-refractivity contribution in [2.24, 2.45) is 5.73 Å². The molecule has 0 aliphatic rings. The molecule has 2 aromatic heterocycles. The summed E-state index contributed by atoms with van der Waals surface area (Å²) < 4.78 is 0. The zero-order valence-corrected chi connectivity index (χ0v) is 12.9. The number of nitrogens with zero attached hydrogens (tertiary/aromatic N) is 3.